The molecule has 0 aromatic carbocycles. The molecule has 1 unspecified atom stereocenters. The highest BCUT2D eigenvalue weighted by Gasteiger charge is 2.65. The summed E-state index contributed by atoms with van der Waals surface area (Å²) in [5, 5.41) is 12.3. The van der Waals surface area contributed by atoms with Crippen molar-refractivity contribution in [2.24, 2.45) is 57.2 Å². The van der Waals surface area contributed by atoms with Crippen LogP contribution in [0.2, 0.25) is 18.1 Å². The van der Waals surface area contributed by atoms with Crippen LogP contribution in [-0.4, -0.2) is 38.3 Å². The van der Waals surface area contributed by atoms with Gasteiger partial charge in [0.05, 0.1) is 12.6 Å². The molecule has 4 saturated carbocycles. The Kier molecular flexibility index (Phi) is 7.86. The fourth-order valence-electron chi connectivity index (χ4n) is 9.93. The molecule has 4 aliphatic carbocycles. The molecule has 0 bridgehead atoms. The lowest BCUT2D eigenvalue weighted by Crippen LogP contribution is -2.62. The van der Waals surface area contributed by atoms with E-state index in [-0.39, 0.29) is 16.6 Å². The maximum atomic E-state index is 12.1. The first-order valence-corrected chi connectivity index (χ1v) is 18.0. The number of rotatable bonds is 6. The number of fused-ring (bicyclic) bond motifs is 5. The van der Waals surface area contributed by atoms with E-state index >= 15 is 0 Å². The maximum absolute atomic E-state index is 12.1. The van der Waals surface area contributed by atoms with Crippen molar-refractivity contribution in [3.63, 3.8) is 0 Å². The highest BCUT2D eigenvalue weighted by molar-refractivity contribution is 6.74. The van der Waals surface area contributed by atoms with Gasteiger partial charge in [0.15, 0.2) is 8.32 Å². The Morgan fingerprint density at radius 2 is 1.69 bits per heavy atom. The van der Waals surface area contributed by atoms with Crippen LogP contribution in [-0.2, 0) is 9.22 Å². The summed E-state index contributed by atoms with van der Waals surface area (Å²) in [5.74, 6) is 3.56. The van der Waals surface area contributed by atoms with Crippen LogP contribution in [0.15, 0.2) is 4.99 Å². The zero-order valence-electron chi connectivity index (χ0n) is 24.8. The molecule has 0 aliphatic heterocycles. The van der Waals surface area contributed by atoms with Crippen molar-refractivity contribution in [1.29, 1.82) is 0 Å². The van der Waals surface area contributed by atoms with E-state index in [2.05, 4.69) is 66.6 Å². The molecule has 206 valence electrons. The molecule has 4 nitrogen and oxygen atoms in total. The van der Waals surface area contributed by atoms with Gasteiger partial charge in [-0.3, -0.25) is 0 Å². The van der Waals surface area contributed by atoms with Gasteiger partial charge in [0.25, 0.3) is 0 Å². The number of carbonyl (C=O) groups excluding carboxylic acids is 1. The molecule has 0 saturated heterocycles. The second-order valence-electron chi connectivity index (χ2n) is 15.4. The number of isocyanates is 1. The largest absolute Gasteiger partial charge is 0.414 e. The van der Waals surface area contributed by atoms with Gasteiger partial charge in [-0.15, -0.1) is 0 Å². The second-order valence-corrected chi connectivity index (χ2v) is 20.1. The highest BCUT2D eigenvalue weighted by atomic mass is 28.4. The standard InChI is InChI=1S/C31H55NO3Si/c1-10-22-26-17-21(35-36(8,9)29(3,4)5)13-15-31(26,7)25-14-16-30(6)23(20(2)18-32-19-33)11-12-24(30)27(25)28(22)34/h20-28,34H,10-18H2,1-9H3/t20-,21?,22-,23-,24+,25+,26+,27+,28-,30-,31-/m1/s1. The van der Waals surface area contributed by atoms with Gasteiger partial charge in [-0.05, 0) is 115 Å². The van der Waals surface area contributed by atoms with Gasteiger partial charge in [-0.1, -0.05) is 54.9 Å². The van der Waals surface area contributed by atoms with Gasteiger partial charge in [0.2, 0.25) is 6.08 Å². The lowest BCUT2D eigenvalue weighted by atomic mass is 9.41. The molecule has 4 aliphatic rings. The average Bonchev–Trinajstić information content (AvgIpc) is 3.15. The van der Waals surface area contributed by atoms with Crippen molar-refractivity contribution < 1.29 is 14.3 Å². The number of aliphatic imine (C=N–C) groups is 1. The molecule has 0 aromatic rings. The van der Waals surface area contributed by atoms with Crippen molar-refractivity contribution in [3.05, 3.63) is 0 Å². The summed E-state index contributed by atoms with van der Waals surface area (Å²) in [6, 6.07) is 0. The summed E-state index contributed by atoms with van der Waals surface area (Å²) < 4.78 is 6.98. The lowest BCUT2D eigenvalue weighted by Gasteiger charge is -2.65. The van der Waals surface area contributed by atoms with E-state index in [4.69, 9.17) is 4.43 Å². The summed E-state index contributed by atoms with van der Waals surface area (Å²) in [4.78, 5) is 14.7. The monoisotopic (exact) mass is 517 g/mol. The minimum absolute atomic E-state index is 0.198. The van der Waals surface area contributed by atoms with Gasteiger partial charge in [-0.2, -0.15) is 0 Å². The third-order valence-electron chi connectivity index (χ3n) is 12.8. The SMILES string of the molecule is CC[C@H]1[C@@H](O)[C@@H]2[C@H](CC[C@]3(C)[C@@H]([C@H](C)CN=C=O)CC[C@@H]23)[C@@]2(C)CCC(O[Si](C)(C)C(C)(C)C)C[C@@H]12. The quantitative estimate of drug-likeness (QED) is 0.224. The number of nitrogens with zero attached hydrogens (tertiary/aromatic N) is 1. The lowest BCUT2D eigenvalue weighted by molar-refractivity contribution is -0.202. The fourth-order valence-corrected chi connectivity index (χ4v) is 11.3. The van der Waals surface area contributed by atoms with Crippen LogP contribution in [0.3, 0.4) is 0 Å². The molecule has 0 radical (unpaired) electrons. The van der Waals surface area contributed by atoms with Gasteiger partial charge < -0.3 is 9.53 Å². The van der Waals surface area contributed by atoms with Crippen LogP contribution < -0.4 is 0 Å². The summed E-state index contributed by atoms with van der Waals surface area (Å²) >= 11 is 0. The Bertz CT molecular complexity index is 847. The van der Waals surface area contributed by atoms with Crippen molar-refractivity contribution in [2.45, 2.75) is 130 Å². The van der Waals surface area contributed by atoms with E-state index in [1.165, 1.54) is 38.5 Å². The van der Waals surface area contributed by atoms with Crippen LogP contribution in [0.25, 0.3) is 0 Å². The molecule has 1 N–H and O–H groups in total. The Morgan fingerprint density at radius 3 is 2.31 bits per heavy atom. The van der Waals surface area contributed by atoms with Crippen LogP contribution in [0, 0.1) is 52.3 Å². The second kappa shape index (κ2) is 9.92. The molecule has 36 heavy (non-hydrogen) atoms. The highest BCUT2D eigenvalue weighted by Crippen LogP contribution is 2.69. The third kappa shape index (κ3) is 4.52. The molecule has 5 heteroatoms. The molecular formula is C31H55NO3Si. The smallest absolute Gasteiger partial charge is 0.234 e. The summed E-state index contributed by atoms with van der Waals surface area (Å²) in [7, 11) is -1.81. The molecule has 0 aromatic heterocycles. The number of aliphatic hydroxyl groups is 1. The molecule has 0 spiro atoms. The molecule has 4 rings (SSSR count). The van der Waals surface area contributed by atoms with E-state index in [9.17, 15) is 9.90 Å². The number of aliphatic hydroxyl groups excluding tert-OH is 1. The third-order valence-corrected chi connectivity index (χ3v) is 17.4. The summed E-state index contributed by atoms with van der Waals surface area (Å²) in [6.07, 6.45) is 11.5. The number of hydrogen-bond donors (Lipinski definition) is 1. The predicted molar refractivity (Wildman–Crippen MR) is 150 cm³/mol. The van der Waals surface area contributed by atoms with Gasteiger partial charge >= 0.3 is 0 Å². The first-order valence-electron chi connectivity index (χ1n) is 15.1. The maximum Gasteiger partial charge on any atom is 0.234 e. The van der Waals surface area contributed by atoms with Crippen molar-refractivity contribution in [1.82, 2.24) is 0 Å². The van der Waals surface area contributed by atoms with Crippen LogP contribution in [0.5, 0.6) is 0 Å². The van der Waals surface area contributed by atoms with E-state index in [1.807, 2.05) is 0 Å². The van der Waals surface area contributed by atoms with Gasteiger partial charge in [0.1, 0.15) is 0 Å². The molecule has 0 amide bonds. The normalized spacial score (nSPS) is 45.7. The molecule has 11 atom stereocenters. The van der Waals surface area contributed by atoms with E-state index < -0.39 is 8.32 Å². The molecule has 0 heterocycles. The Balaban J connectivity index is 1.59. The first-order chi connectivity index (χ1) is 16.7. The van der Waals surface area contributed by atoms with Gasteiger partial charge in [-0.25, -0.2) is 9.79 Å². The van der Waals surface area contributed by atoms with E-state index in [0.29, 0.717) is 59.5 Å². The fraction of sp³-hybridized carbons (Fsp3) is 0.968. The van der Waals surface area contributed by atoms with Crippen LogP contribution >= 0.6 is 0 Å². The number of hydrogen-bond acceptors (Lipinski definition) is 4. The average molecular weight is 518 g/mol. The van der Waals surface area contributed by atoms with Crippen molar-refractivity contribution in [3.8, 4) is 0 Å². The Labute approximate surface area is 222 Å². The minimum atomic E-state index is -1.81. The van der Waals surface area contributed by atoms with Crippen LogP contribution in [0.4, 0.5) is 0 Å². The minimum Gasteiger partial charge on any atom is -0.414 e. The Hall–Kier alpha value is -0.483. The zero-order chi connectivity index (χ0) is 26.7. The van der Waals surface area contributed by atoms with Crippen molar-refractivity contribution >= 4 is 14.4 Å². The predicted octanol–water partition coefficient (Wildman–Crippen LogP) is 7.61. The first kappa shape index (κ1) is 28.5. The summed E-state index contributed by atoms with van der Waals surface area (Å²) in [5.41, 5.74) is 0.564. The molecule has 4 fully saturated rings. The van der Waals surface area contributed by atoms with Crippen molar-refractivity contribution in [2.75, 3.05) is 6.54 Å². The Morgan fingerprint density at radius 1 is 1.06 bits per heavy atom. The van der Waals surface area contributed by atoms with Crippen LogP contribution in [0.1, 0.15) is 99.8 Å². The summed E-state index contributed by atoms with van der Waals surface area (Å²) in [6.45, 7) is 22.1. The van der Waals surface area contributed by atoms with Gasteiger partial charge in [0, 0.05) is 6.10 Å². The van der Waals surface area contributed by atoms with E-state index in [0.717, 1.165) is 12.8 Å². The topological polar surface area (TPSA) is 58.9 Å². The van der Waals surface area contributed by atoms with E-state index in [1.54, 1.807) is 6.08 Å². The zero-order valence-corrected chi connectivity index (χ0v) is 25.8. The molecular weight excluding hydrogens is 462 g/mol.